The Morgan fingerprint density at radius 2 is 1.96 bits per heavy atom. The largest absolute Gasteiger partial charge is 0.444 e. The summed E-state index contributed by atoms with van der Waals surface area (Å²) in [6.45, 7) is 9.16. The van der Waals surface area contributed by atoms with Crippen LogP contribution in [0.25, 0.3) is 0 Å². The smallest absolute Gasteiger partial charge is 0.407 e. The van der Waals surface area contributed by atoms with E-state index in [1.807, 2.05) is 20.8 Å². The number of amides is 1. The van der Waals surface area contributed by atoms with Gasteiger partial charge >= 0.3 is 6.09 Å². The summed E-state index contributed by atoms with van der Waals surface area (Å²) >= 11 is 0. The molecule has 2 rings (SSSR count). The second-order valence-electron chi connectivity index (χ2n) is 7.51. The first kappa shape index (κ1) is 18.5. The molecule has 2 fully saturated rings. The van der Waals surface area contributed by atoms with Gasteiger partial charge in [-0.3, -0.25) is 0 Å². The van der Waals surface area contributed by atoms with E-state index >= 15 is 0 Å². The van der Waals surface area contributed by atoms with Crippen molar-refractivity contribution in [1.82, 2.24) is 10.6 Å². The molecule has 0 radical (unpaired) electrons. The van der Waals surface area contributed by atoms with Gasteiger partial charge in [-0.15, -0.1) is 0 Å². The average molecular weight is 328 g/mol. The standard InChI is InChI=1S/C17H32N2O4/c1-17(2,3)23-16(20)19-10-13-6-4-5-7-15(13)18-11-14-12-21-8-9-22-14/h13-15,18H,4-12H2,1-3H3,(H,19,20). The molecule has 134 valence electrons. The Hall–Kier alpha value is -0.850. The highest BCUT2D eigenvalue weighted by Crippen LogP contribution is 2.24. The average Bonchev–Trinajstić information content (AvgIpc) is 2.51. The number of hydrogen-bond donors (Lipinski definition) is 2. The maximum atomic E-state index is 11.8. The number of hydrogen-bond acceptors (Lipinski definition) is 5. The highest BCUT2D eigenvalue weighted by molar-refractivity contribution is 5.67. The van der Waals surface area contributed by atoms with Crippen LogP contribution in [-0.4, -0.2) is 56.8 Å². The van der Waals surface area contributed by atoms with Crippen molar-refractivity contribution in [3.8, 4) is 0 Å². The summed E-state index contributed by atoms with van der Waals surface area (Å²) in [5.74, 6) is 0.445. The van der Waals surface area contributed by atoms with E-state index in [0.717, 1.165) is 19.4 Å². The van der Waals surface area contributed by atoms with Gasteiger partial charge in [0.1, 0.15) is 5.60 Å². The molecule has 6 heteroatoms. The number of carbonyl (C=O) groups is 1. The van der Waals surface area contributed by atoms with E-state index in [1.165, 1.54) is 12.8 Å². The maximum Gasteiger partial charge on any atom is 0.407 e. The van der Waals surface area contributed by atoms with Crippen molar-refractivity contribution in [2.24, 2.45) is 5.92 Å². The molecule has 0 bridgehead atoms. The van der Waals surface area contributed by atoms with Crippen LogP contribution in [-0.2, 0) is 14.2 Å². The Kier molecular flexibility index (Phi) is 7.11. The van der Waals surface area contributed by atoms with Gasteiger partial charge in [-0.1, -0.05) is 12.8 Å². The number of alkyl carbamates (subject to hydrolysis) is 1. The number of ether oxygens (including phenoxy) is 3. The minimum atomic E-state index is -0.452. The molecule has 0 aromatic heterocycles. The summed E-state index contributed by atoms with van der Waals surface area (Å²) in [4.78, 5) is 11.8. The molecule has 23 heavy (non-hydrogen) atoms. The van der Waals surface area contributed by atoms with Crippen molar-refractivity contribution in [1.29, 1.82) is 0 Å². The Morgan fingerprint density at radius 3 is 2.65 bits per heavy atom. The van der Waals surface area contributed by atoms with Crippen LogP contribution in [0.2, 0.25) is 0 Å². The first-order chi connectivity index (χ1) is 10.9. The molecule has 6 nitrogen and oxygen atoms in total. The Balaban J connectivity index is 1.73. The Morgan fingerprint density at radius 1 is 1.17 bits per heavy atom. The van der Waals surface area contributed by atoms with Gasteiger partial charge in [0.05, 0.1) is 25.9 Å². The second-order valence-corrected chi connectivity index (χ2v) is 7.51. The third-order valence-electron chi connectivity index (χ3n) is 4.31. The van der Waals surface area contributed by atoms with Crippen molar-refractivity contribution in [2.75, 3.05) is 32.9 Å². The van der Waals surface area contributed by atoms with Crippen LogP contribution in [0.1, 0.15) is 46.5 Å². The Labute approximate surface area is 139 Å². The molecule has 1 heterocycles. The Bertz CT molecular complexity index is 364. The van der Waals surface area contributed by atoms with Crippen molar-refractivity contribution in [3.05, 3.63) is 0 Å². The van der Waals surface area contributed by atoms with Crippen molar-refractivity contribution < 1.29 is 19.0 Å². The predicted octanol–water partition coefficient (Wildman–Crippen LogP) is 2.07. The van der Waals surface area contributed by atoms with Gasteiger partial charge in [0.15, 0.2) is 0 Å². The number of rotatable bonds is 5. The molecule has 3 atom stereocenters. The van der Waals surface area contributed by atoms with Crippen LogP contribution in [0.15, 0.2) is 0 Å². The van der Waals surface area contributed by atoms with Gasteiger partial charge in [0.2, 0.25) is 0 Å². The number of nitrogens with one attached hydrogen (secondary N) is 2. The molecule has 1 saturated carbocycles. The van der Waals surface area contributed by atoms with E-state index in [1.54, 1.807) is 0 Å². The fourth-order valence-electron chi connectivity index (χ4n) is 3.19. The normalized spacial score (nSPS) is 29.1. The van der Waals surface area contributed by atoms with Gasteiger partial charge in [-0.25, -0.2) is 4.79 Å². The van der Waals surface area contributed by atoms with Gasteiger partial charge in [-0.2, -0.15) is 0 Å². The zero-order chi connectivity index (χ0) is 16.7. The predicted molar refractivity (Wildman–Crippen MR) is 88.5 cm³/mol. The molecule has 1 aliphatic carbocycles. The summed E-state index contributed by atoms with van der Waals surface area (Å²) in [6, 6.07) is 0.421. The van der Waals surface area contributed by atoms with E-state index in [-0.39, 0.29) is 12.2 Å². The summed E-state index contributed by atoms with van der Waals surface area (Å²) < 4.78 is 16.4. The van der Waals surface area contributed by atoms with Crippen molar-refractivity contribution in [3.63, 3.8) is 0 Å². The highest BCUT2D eigenvalue weighted by atomic mass is 16.6. The lowest BCUT2D eigenvalue weighted by Gasteiger charge is -2.34. The molecule has 1 aliphatic heterocycles. The fraction of sp³-hybridized carbons (Fsp3) is 0.941. The fourth-order valence-corrected chi connectivity index (χ4v) is 3.19. The van der Waals surface area contributed by atoms with Gasteiger partial charge in [0.25, 0.3) is 0 Å². The molecule has 0 spiro atoms. The molecule has 0 aromatic rings. The highest BCUT2D eigenvalue weighted by Gasteiger charge is 2.27. The van der Waals surface area contributed by atoms with Gasteiger partial charge < -0.3 is 24.8 Å². The lowest BCUT2D eigenvalue weighted by atomic mass is 9.84. The van der Waals surface area contributed by atoms with Crippen LogP contribution >= 0.6 is 0 Å². The molecule has 3 unspecified atom stereocenters. The third kappa shape index (κ3) is 7.06. The molecular formula is C17H32N2O4. The monoisotopic (exact) mass is 328 g/mol. The summed E-state index contributed by atoms with van der Waals surface area (Å²) in [5.41, 5.74) is -0.452. The minimum Gasteiger partial charge on any atom is -0.444 e. The quantitative estimate of drug-likeness (QED) is 0.809. The van der Waals surface area contributed by atoms with Gasteiger partial charge in [-0.05, 0) is 39.5 Å². The third-order valence-corrected chi connectivity index (χ3v) is 4.31. The molecule has 2 N–H and O–H groups in total. The molecule has 1 amide bonds. The minimum absolute atomic E-state index is 0.144. The van der Waals surface area contributed by atoms with Crippen molar-refractivity contribution in [2.45, 2.75) is 64.2 Å². The van der Waals surface area contributed by atoms with Crippen molar-refractivity contribution >= 4 is 6.09 Å². The first-order valence-electron chi connectivity index (χ1n) is 8.83. The van der Waals surface area contributed by atoms with Crippen LogP contribution in [0.3, 0.4) is 0 Å². The molecular weight excluding hydrogens is 296 g/mol. The zero-order valence-electron chi connectivity index (χ0n) is 14.7. The van der Waals surface area contributed by atoms with Crippen LogP contribution in [0.4, 0.5) is 4.79 Å². The van der Waals surface area contributed by atoms with E-state index in [9.17, 15) is 4.79 Å². The lowest BCUT2D eigenvalue weighted by molar-refractivity contribution is -0.0877. The summed E-state index contributed by atoms with van der Waals surface area (Å²) in [6.07, 6.45) is 4.56. The van der Waals surface area contributed by atoms with Crippen LogP contribution in [0, 0.1) is 5.92 Å². The maximum absolute atomic E-state index is 11.8. The van der Waals surface area contributed by atoms with E-state index in [4.69, 9.17) is 14.2 Å². The number of carbonyl (C=O) groups excluding carboxylic acids is 1. The lowest BCUT2D eigenvalue weighted by Crippen LogP contribution is -2.48. The van der Waals surface area contributed by atoms with Crippen LogP contribution < -0.4 is 10.6 Å². The van der Waals surface area contributed by atoms with E-state index < -0.39 is 5.60 Å². The summed E-state index contributed by atoms with van der Waals surface area (Å²) in [7, 11) is 0. The zero-order valence-corrected chi connectivity index (χ0v) is 14.7. The molecule has 1 saturated heterocycles. The second kappa shape index (κ2) is 8.85. The van der Waals surface area contributed by atoms with Crippen LogP contribution in [0.5, 0.6) is 0 Å². The van der Waals surface area contributed by atoms with E-state index in [0.29, 0.717) is 38.3 Å². The SMILES string of the molecule is CC(C)(C)OC(=O)NCC1CCCCC1NCC1COCCO1. The molecule has 0 aromatic carbocycles. The molecule has 2 aliphatic rings. The van der Waals surface area contributed by atoms with E-state index in [2.05, 4.69) is 10.6 Å². The summed E-state index contributed by atoms with van der Waals surface area (Å²) in [5, 5.41) is 6.54. The first-order valence-corrected chi connectivity index (χ1v) is 8.83. The van der Waals surface area contributed by atoms with Gasteiger partial charge in [0, 0.05) is 19.1 Å². The topological polar surface area (TPSA) is 68.8 Å².